The Morgan fingerprint density at radius 2 is 1.47 bits per heavy atom. The zero-order valence-electron chi connectivity index (χ0n) is 10.4. The molecular weight excluding hydrogens is 248 g/mol. The monoisotopic (exact) mass is 270 g/mol. The molecule has 0 saturated carbocycles. The van der Waals surface area contributed by atoms with Crippen molar-refractivity contribution in [2.24, 2.45) is 0 Å². The van der Waals surface area contributed by atoms with E-state index in [4.69, 9.17) is 9.66 Å². The fraction of sp³-hybridized carbons (Fsp3) is 0.900. The fourth-order valence-electron chi connectivity index (χ4n) is 0.997. The van der Waals surface area contributed by atoms with E-state index in [2.05, 4.69) is 18.0 Å². The highest BCUT2D eigenvalue weighted by Crippen LogP contribution is 2.03. The largest absolute Gasteiger partial charge is 0.449 e. The summed E-state index contributed by atoms with van der Waals surface area (Å²) in [6, 6.07) is 0. The van der Waals surface area contributed by atoms with Gasteiger partial charge in [-0.15, -0.1) is 0 Å². The molecule has 0 heterocycles. The molecule has 0 atom stereocenters. The molecule has 7 heteroatoms. The van der Waals surface area contributed by atoms with Crippen molar-refractivity contribution in [1.29, 1.82) is 0 Å². The molecule has 0 radical (unpaired) electrons. The molecule has 0 aromatic rings. The van der Waals surface area contributed by atoms with E-state index < -0.39 is 23.0 Å². The van der Waals surface area contributed by atoms with Gasteiger partial charge >= 0.3 is 16.4 Å². The highest BCUT2D eigenvalue weighted by Gasteiger charge is 2.10. The number of carbonyl (C=O) groups is 1. The van der Waals surface area contributed by atoms with Crippen LogP contribution < -0.4 is 0 Å². The van der Waals surface area contributed by atoms with Crippen LogP contribution >= 0.6 is 0 Å². The lowest BCUT2D eigenvalue weighted by Crippen LogP contribution is -2.14. The van der Waals surface area contributed by atoms with Gasteiger partial charge in [0.1, 0.15) is 6.61 Å². The van der Waals surface area contributed by atoms with Crippen LogP contribution in [0.2, 0.25) is 0 Å². The van der Waals surface area contributed by atoms with Crippen molar-refractivity contribution < 1.29 is 27.1 Å². The van der Waals surface area contributed by atoms with Crippen LogP contribution in [0.5, 0.6) is 0 Å². The third-order valence-electron chi connectivity index (χ3n) is 1.78. The summed E-state index contributed by atoms with van der Waals surface area (Å²) < 4.78 is 30.2. The normalized spacial score (nSPS) is 10.4. The van der Waals surface area contributed by atoms with E-state index in [0.717, 1.165) is 0 Å². The van der Waals surface area contributed by atoms with Gasteiger partial charge in [0.05, 0.1) is 0 Å². The van der Waals surface area contributed by atoms with Crippen molar-refractivity contribution in [3.8, 4) is 0 Å². The van der Waals surface area contributed by atoms with E-state index in [0.29, 0.717) is 0 Å². The van der Waals surface area contributed by atoms with E-state index in [9.17, 15) is 13.2 Å². The number of hydrogen-bond acceptors (Lipinski definition) is 5. The van der Waals surface area contributed by atoms with E-state index in [-0.39, 0.29) is 0 Å². The van der Waals surface area contributed by atoms with E-state index >= 15 is 0 Å². The summed E-state index contributed by atoms with van der Waals surface area (Å²) in [5.41, 5.74) is 0. The van der Waals surface area contributed by atoms with Crippen LogP contribution in [-0.2, 0) is 19.4 Å². The third-order valence-corrected chi connectivity index (χ3v) is 2.18. The third kappa shape index (κ3) is 21.2. The van der Waals surface area contributed by atoms with Crippen LogP contribution in [0.1, 0.15) is 52.4 Å². The fourth-order valence-corrected chi connectivity index (χ4v) is 1.28. The van der Waals surface area contributed by atoms with Crippen LogP contribution in [0.4, 0.5) is 0 Å². The first-order valence-electron chi connectivity index (χ1n) is 5.67. The van der Waals surface area contributed by atoms with Crippen LogP contribution in [0.15, 0.2) is 0 Å². The van der Waals surface area contributed by atoms with Gasteiger partial charge in [-0.1, -0.05) is 52.4 Å². The second-order valence-electron chi connectivity index (χ2n) is 3.46. The first-order valence-corrected chi connectivity index (χ1v) is 7.04. The minimum atomic E-state index is -4.74. The lowest BCUT2D eigenvalue weighted by Gasteiger charge is -1.93. The van der Waals surface area contributed by atoms with Gasteiger partial charge in [-0.3, -0.25) is 4.55 Å². The van der Waals surface area contributed by atoms with E-state index in [1.165, 1.54) is 38.5 Å². The summed E-state index contributed by atoms with van der Waals surface area (Å²) in [5, 5.41) is 7.85. The number of rotatable bonds is 7. The molecule has 0 aromatic heterocycles. The Kier molecular flexibility index (Phi) is 13.0. The SMILES string of the molecule is CCCCCCCC.O=C(CO)OS(=O)(=O)O. The minimum absolute atomic E-state index is 1.08. The molecule has 0 fully saturated rings. The maximum atomic E-state index is 9.82. The summed E-state index contributed by atoms with van der Waals surface area (Å²) in [6.45, 7) is 3.43. The first-order chi connectivity index (χ1) is 7.87. The summed E-state index contributed by atoms with van der Waals surface area (Å²) in [7, 11) is -4.74. The Hall–Kier alpha value is -0.660. The molecule has 0 unspecified atom stereocenters. The van der Waals surface area contributed by atoms with Crippen LogP contribution in [0, 0.1) is 0 Å². The molecule has 0 aliphatic rings. The Balaban J connectivity index is 0. The van der Waals surface area contributed by atoms with Crippen molar-refractivity contribution in [2.45, 2.75) is 52.4 Å². The zero-order valence-corrected chi connectivity index (χ0v) is 11.2. The molecule has 6 nitrogen and oxygen atoms in total. The average Bonchev–Trinajstić information content (AvgIpc) is 2.23. The zero-order chi connectivity index (χ0) is 13.7. The predicted molar refractivity (Wildman–Crippen MR) is 63.8 cm³/mol. The second kappa shape index (κ2) is 11.8. The van der Waals surface area contributed by atoms with Crippen molar-refractivity contribution >= 4 is 16.4 Å². The Bertz CT molecular complexity index is 267. The second-order valence-corrected chi connectivity index (χ2v) is 4.48. The number of hydrogen-bond donors (Lipinski definition) is 2. The predicted octanol–water partition coefficient (Wildman–Crippen LogP) is 1.69. The van der Waals surface area contributed by atoms with Gasteiger partial charge < -0.3 is 9.29 Å². The number of aliphatic hydroxyl groups is 1. The minimum Gasteiger partial charge on any atom is -0.385 e. The van der Waals surface area contributed by atoms with Gasteiger partial charge in [0, 0.05) is 0 Å². The molecule has 0 saturated heterocycles. The van der Waals surface area contributed by atoms with Crippen molar-refractivity contribution in [2.75, 3.05) is 6.61 Å². The van der Waals surface area contributed by atoms with Crippen LogP contribution in [0.3, 0.4) is 0 Å². The molecule has 0 aromatic carbocycles. The van der Waals surface area contributed by atoms with Gasteiger partial charge in [-0.05, 0) is 0 Å². The number of carbonyl (C=O) groups excluding carboxylic acids is 1. The molecule has 0 amide bonds. The van der Waals surface area contributed by atoms with E-state index in [1.54, 1.807) is 0 Å². The van der Waals surface area contributed by atoms with E-state index in [1.807, 2.05) is 0 Å². The molecule has 0 aliphatic carbocycles. The molecule has 0 spiro atoms. The Labute approximate surface area is 103 Å². The maximum Gasteiger partial charge on any atom is 0.449 e. The van der Waals surface area contributed by atoms with Crippen LogP contribution in [0.25, 0.3) is 0 Å². The number of aliphatic hydroxyl groups excluding tert-OH is 1. The van der Waals surface area contributed by atoms with Gasteiger partial charge in [-0.2, -0.15) is 8.42 Å². The van der Waals surface area contributed by atoms with Crippen molar-refractivity contribution in [1.82, 2.24) is 0 Å². The molecule has 0 bridgehead atoms. The molecule has 0 aliphatic heterocycles. The number of unbranched alkanes of at least 4 members (excludes halogenated alkanes) is 5. The van der Waals surface area contributed by atoms with Gasteiger partial charge in [0.25, 0.3) is 0 Å². The lowest BCUT2D eigenvalue weighted by atomic mass is 10.1. The highest BCUT2D eigenvalue weighted by molar-refractivity contribution is 7.81. The quantitative estimate of drug-likeness (QED) is 0.539. The molecular formula is C10H22O6S. The summed E-state index contributed by atoms with van der Waals surface area (Å²) in [6.07, 6.45) is 8.49. The van der Waals surface area contributed by atoms with Gasteiger partial charge in [0.2, 0.25) is 0 Å². The molecule has 0 rings (SSSR count). The highest BCUT2D eigenvalue weighted by atomic mass is 32.3. The molecule has 2 N–H and O–H groups in total. The van der Waals surface area contributed by atoms with Crippen molar-refractivity contribution in [3.05, 3.63) is 0 Å². The van der Waals surface area contributed by atoms with Crippen LogP contribution in [-0.4, -0.2) is 30.7 Å². The maximum absolute atomic E-state index is 9.82. The molecule has 17 heavy (non-hydrogen) atoms. The van der Waals surface area contributed by atoms with Gasteiger partial charge in [0.15, 0.2) is 0 Å². The Morgan fingerprint density at radius 3 is 1.65 bits per heavy atom. The van der Waals surface area contributed by atoms with Crippen molar-refractivity contribution in [3.63, 3.8) is 0 Å². The lowest BCUT2D eigenvalue weighted by molar-refractivity contribution is -0.137. The topological polar surface area (TPSA) is 101 Å². The van der Waals surface area contributed by atoms with Gasteiger partial charge in [-0.25, -0.2) is 4.79 Å². The summed E-state index contributed by atoms with van der Waals surface area (Å²) in [4.78, 5) is 9.82. The standard InChI is InChI=1S/C8H18.C2H4O6S/c1-3-5-7-8-6-4-2;3-1-2(4)8-9(5,6)7/h3-8H2,1-2H3;3H,1H2,(H,5,6,7). The Morgan fingerprint density at radius 1 is 1.06 bits per heavy atom. The molecule has 104 valence electrons. The summed E-state index contributed by atoms with van der Waals surface area (Å²) in [5.74, 6) is -1.42. The smallest absolute Gasteiger partial charge is 0.385 e. The average molecular weight is 270 g/mol. The summed E-state index contributed by atoms with van der Waals surface area (Å²) >= 11 is 0. The first kappa shape index (κ1) is 18.7.